The molecule has 0 aromatic rings. The van der Waals surface area contributed by atoms with Crippen LogP contribution in [0.3, 0.4) is 0 Å². The first-order valence-electron chi connectivity index (χ1n) is 7.66. The highest BCUT2D eigenvalue weighted by atomic mass is 16.7. The fourth-order valence-electron chi connectivity index (χ4n) is 2.51. The Morgan fingerprint density at radius 2 is 1.20 bits per heavy atom. The van der Waals surface area contributed by atoms with Gasteiger partial charge in [0.1, 0.15) is 18.8 Å². The molecule has 1 heterocycles. The number of rotatable bonds is 6. The molecule has 1 aliphatic heterocycles. The topological polar surface area (TPSA) is 140 Å². The largest absolute Gasteiger partial charge is 0.463 e. The second-order valence-corrected chi connectivity index (χ2v) is 5.47. The molecule has 0 unspecified atom stereocenters. The van der Waals surface area contributed by atoms with Crippen molar-refractivity contribution in [2.75, 3.05) is 13.2 Å². The summed E-state index contributed by atoms with van der Waals surface area (Å²) < 4.78 is 26.2. The van der Waals surface area contributed by atoms with Crippen molar-refractivity contribution in [1.29, 1.82) is 0 Å². The summed E-state index contributed by atoms with van der Waals surface area (Å²) >= 11 is 0. The van der Waals surface area contributed by atoms with E-state index in [0.717, 1.165) is 13.8 Å². The second kappa shape index (κ2) is 9.33. The zero-order valence-electron chi connectivity index (χ0n) is 14.6. The Hall–Kier alpha value is -2.20. The third-order valence-corrected chi connectivity index (χ3v) is 3.32. The van der Waals surface area contributed by atoms with Crippen molar-refractivity contribution in [3.63, 3.8) is 0 Å². The fourth-order valence-corrected chi connectivity index (χ4v) is 2.51. The Morgan fingerprint density at radius 1 is 0.760 bits per heavy atom. The number of ether oxygens (including phenoxy) is 5. The van der Waals surface area contributed by atoms with E-state index in [0.29, 0.717) is 0 Å². The van der Waals surface area contributed by atoms with Gasteiger partial charge in [0, 0.05) is 34.2 Å². The van der Waals surface area contributed by atoms with E-state index in [-0.39, 0.29) is 13.2 Å². The van der Waals surface area contributed by atoms with Crippen LogP contribution >= 0.6 is 0 Å². The summed E-state index contributed by atoms with van der Waals surface area (Å²) in [7, 11) is 0. The lowest BCUT2D eigenvalue weighted by Crippen LogP contribution is -2.63. The first-order valence-corrected chi connectivity index (χ1v) is 7.66. The molecule has 2 N–H and O–H groups in total. The summed E-state index contributed by atoms with van der Waals surface area (Å²) in [4.78, 5) is 45.4. The van der Waals surface area contributed by atoms with Crippen LogP contribution in [0.2, 0.25) is 0 Å². The van der Waals surface area contributed by atoms with Gasteiger partial charge in [-0.15, -0.1) is 0 Å². The van der Waals surface area contributed by atoms with E-state index >= 15 is 0 Å². The van der Waals surface area contributed by atoms with Crippen molar-refractivity contribution in [3.8, 4) is 0 Å². The highest BCUT2D eigenvalue weighted by Crippen LogP contribution is 2.28. The highest BCUT2D eigenvalue weighted by Gasteiger charge is 2.51. The molecule has 1 fully saturated rings. The van der Waals surface area contributed by atoms with Crippen molar-refractivity contribution in [3.05, 3.63) is 0 Å². The Balaban J connectivity index is 3.18. The third kappa shape index (κ3) is 6.31. The van der Waals surface area contributed by atoms with Crippen LogP contribution in [0, 0.1) is 0 Å². The zero-order chi connectivity index (χ0) is 19.1. The van der Waals surface area contributed by atoms with Crippen LogP contribution in [0.4, 0.5) is 0 Å². The van der Waals surface area contributed by atoms with Crippen LogP contribution < -0.4 is 5.73 Å². The first-order chi connectivity index (χ1) is 11.6. The molecule has 0 radical (unpaired) electrons. The number of carbonyl (C=O) groups excluding carboxylic acids is 4. The summed E-state index contributed by atoms with van der Waals surface area (Å²) in [5, 5.41) is 0. The molecule has 0 aromatic carbocycles. The van der Waals surface area contributed by atoms with E-state index in [1.807, 2.05) is 0 Å². The van der Waals surface area contributed by atoms with Gasteiger partial charge >= 0.3 is 23.9 Å². The van der Waals surface area contributed by atoms with Gasteiger partial charge in [-0.25, -0.2) is 0 Å². The molecule has 10 heteroatoms. The Morgan fingerprint density at radius 3 is 1.60 bits per heavy atom. The second-order valence-electron chi connectivity index (χ2n) is 5.47. The lowest BCUT2D eigenvalue weighted by Gasteiger charge is -2.44. The van der Waals surface area contributed by atoms with Crippen LogP contribution in [-0.2, 0) is 42.9 Å². The Bertz CT molecular complexity index is 521. The first kappa shape index (κ1) is 20.8. The Kier molecular flexibility index (Phi) is 7.78. The molecule has 0 bridgehead atoms. The number of carbonyl (C=O) groups is 4. The molecule has 0 aromatic heterocycles. The van der Waals surface area contributed by atoms with Crippen LogP contribution in [0.5, 0.6) is 0 Å². The van der Waals surface area contributed by atoms with Gasteiger partial charge < -0.3 is 29.4 Å². The molecule has 0 aliphatic carbocycles. The summed E-state index contributed by atoms with van der Waals surface area (Å²) in [6.07, 6.45) is -5.18. The summed E-state index contributed by atoms with van der Waals surface area (Å²) in [5.41, 5.74) is 5.65. The van der Waals surface area contributed by atoms with Crippen molar-refractivity contribution >= 4 is 23.9 Å². The molecule has 0 saturated carbocycles. The smallest absolute Gasteiger partial charge is 0.303 e. The predicted molar refractivity (Wildman–Crippen MR) is 81.0 cm³/mol. The minimum absolute atomic E-state index is 0.0704. The van der Waals surface area contributed by atoms with Crippen molar-refractivity contribution in [2.45, 2.75) is 58.2 Å². The number of nitrogens with two attached hydrogens (primary N) is 1. The molecule has 1 rings (SSSR count). The summed E-state index contributed by atoms with van der Waals surface area (Å²) in [6.45, 7) is 4.36. The number of hydrogen-bond acceptors (Lipinski definition) is 10. The highest BCUT2D eigenvalue weighted by molar-refractivity contribution is 5.68. The zero-order valence-corrected chi connectivity index (χ0v) is 14.6. The van der Waals surface area contributed by atoms with Crippen LogP contribution in [-0.4, -0.2) is 67.5 Å². The van der Waals surface area contributed by atoms with Gasteiger partial charge in [0.25, 0.3) is 0 Å². The SMILES string of the molecule is CC(=O)OC[C@H]1O[C@@H](CN)[C@H](OC(C)=O)[C@@H](OC(C)=O)[C@@H]1OC(C)=O. The van der Waals surface area contributed by atoms with Gasteiger partial charge in [-0.1, -0.05) is 0 Å². The van der Waals surface area contributed by atoms with Crippen LogP contribution in [0.25, 0.3) is 0 Å². The van der Waals surface area contributed by atoms with Crippen LogP contribution in [0.15, 0.2) is 0 Å². The molecule has 1 aliphatic rings. The quantitative estimate of drug-likeness (QED) is 0.466. The lowest BCUT2D eigenvalue weighted by atomic mass is 9.94. The minimum atomic E-state index is -1.16. The summed E-state index contributed by atoms with van der Waals surface area (Å²) in [5.74, 6) is -2.57. The van der Waals surface area contributed by atoms with Crippen molar-refractivity contribution in [2.24, 2.45) is 5.73 Å². The maximum Gasteiger partial charge on any atom is 0.303 e. The predicted octanol–water partition coefficient (Wildman–Crippen LogP) is -0.929. The summed E-state index contributed by atoms with van der Waals surface area (Å²) in [6, 6.07) is 0. The molecule has 0 spiro atoms. The maximum atomic E-state index is 11.5. The van der Waals surface area contributed by atoms with Gasteiger partial charge in [0.15, 0.2) is 18.3 Å². The van der Waals surface area contributed by atoms with Gasteiger partial charge in [-0.3, -0.25) is 19.2 Å². The molecule has 0 amide bonds. The van der Waals surface area contributed by atoms with E-state index in [1.165, 1.54) is 13.8 Å². The van der Waals surface area contributed by atoms with E-state index in [4.69, 9.17) is 29.4 Å². The normalized spacial score (nSPS) is 28.6. The van der Waals surface area contributed by atoms with Gasteiger partial charge in [0.05, 0.1) is 0 Å². The standard InChI is InChI=1S/C15H23NO9/c1-7(17)21-6-12-14(23-9(3)19)15(24-10(4)20)13(22-8(2)18)11(5-16)25-12/h11-15H,5-6,16H2,1-4H3/t11-,12+,13-,14+,15+/m0/s1. The average Bonchev–Trinajstić information content (AvgIpc) is 2.48. The molecule has 5 atom stereocenters. The van der Waals surface area contributed by atoms with Gasteiger partial charge in [-0.2, -0.15) is 0 Å². The van der Waals surface area contributed by atoms with E-state index in [1.54, 1.807) is 0 Å². The molecule has 1 saturated heterocycles. The van der Waals surface area contributed by atoms with Crippen LogP contribution in [0.1, 0.15) is 27.7 Å². The Labute approximate surface area is 144 Å². The third-order valence-electron chi connectivity index (χ3n) is 3.32. The average molecular weight is 361 g/mol. The number of esters is 4. The van der Waals surface area contributed by atoms with Crippen molar-refractivity contribution < 1.29 is 42.9 Å². The van der Waals surface area contributed by atoms with Crippen molar-refractivity contribution in [1.82, 2.24) is 0 Å². The molecular weight excluding hydrogens is 338 g/mol. The fraction of sp³-hybridized carbons (Fsp3) is 0.733. The molecular formula is C15H23NO9. The molecule has 25 heavy (non-hydrogen) atoms. The van der Waals surface area contributed by atoms with Gasteiger partial charge in [0.2, 0.25) is 0 Å². The monoisotopic (exact) mass is 361 g/mol. The maximum absolute atomic E-state index is 11.5. The van der Waals surface area contributed by atoms with E-state index in [9.17, 15) is 19.2 Å². The van der Waals surface area contributed by atoms with Gasteiger partial charge in [-0.05, 0) is 0 Å². The molecule has 10 nitrogen and oxygen atoms in total. The molecule has 142 valence electrons. The van der Waals surface area contributed by atoms with E-state index < -0.39 is 54.4 Å². The minimum Gasteiger partial charge on any atom is -0.463 e. The number of hydrogen-bond donors (Lipinski definition) is 1. The lowest BCUT2D eigenvalue weighted by molar-refractivity contribution is -0.250. The van der Waals surface area contributed by atoms with E-state index in [2.05, 4.69) is 0 Å².